The van der Waals surface area contributed by atoms with Gasteiger partial charge in [0.2, 0.25) is 0 Å². The summed E-state index contributed by atoms with van der Waals surface area (Å²) in [6, 6.07) is 0.754. The zero-order valence-corrected chi connectivity index (χ0v) is 13.2. The molecule has 19 heavy (non-hydrogen) atoms. The Morgan fingerprint density at radius 3 is 2.26 bits per heavy atom. The molecule has 0 spiro atoms. The lowest BCUT2D eigenvalue weighted by atomic mass is 9.82. The molecule has 0 aromatic heterocycles. The van der Waals surface area contributed by atoms with Crippen molar-refractivity contribution < 1.29 is 4.74 Å². The molecule has 0 heterocycles. The minimum atomic E-state index is 0.365. The Labute approximate surface area is 119 Å². The van der Waals surface area contributed by atoms with Crippen LogP contribution in [0.25, 0.3) is 0 Å². The van der Waals surface area contributed by atoms with Crippen molar-refractivity contribution in [3.05, 3.63) is 0 Å². The minimum absolute atomic E-state index is 0.365. The third-order valence-electron chi connectivity index (χ3n) is 4.86. The SMILES string of the molecule is CC1CC(C)CC(OC(C)CNC2CCCCC2)C1. The molecule has 0 aromatic rings. The molecule has 0 aliphatic heterocycles. The zero-order chi connectivity index (χ0) is 13.7. The summed E-state index contributed by atoms with van der Waals surface area (Å²) >= 11 is 0. The van der Waals surface area contributed by atoms with Crippen LogP contribution in [-0.4, -0.2) is 24.8 Å². The second kappa shape index (κ2) is 7.64. The molecule has 2 saturated carbocycles. The van der Waals surface area contributed by atoms with E-state index in [2.05, 4.69) is 26.1 Å². The number of ether oxygens (including phenoxy) is 1. The Morgan fingerprint density at radius 2 is 1.63 bits per heavy atom. The van der Waals surface area contributed by atoms with Gasteiger partial charge in [-0.1, -0.05) is 33.1 Å². The molecule has 0 aromatic carbocycles. The number of rotatable bonds is 5. The van der Waals surface area contributed by atoms with Crippen LogP contribution in [0.5, 0.6) is 0 Å². The zero-order valence-electron chi connectivity index (χ0n) is 13.2. The van der Waals surface area contributed by atoms with Crippen molar-refractivity contribution in [2.75, 3.05) is 6.54 Å². The molecule has 0 bridgehead atoms. The lowest BCUT2D eigenvalue weighted by Gasteiger charge is -2.33. The standard InChI is InChI=1S/C17H33NO/c1-13-9-14(2)11-17(10-13)19-15(3)12-18-16-7-5-4-6-8-16/h13-18H,4-12H2,1-3H3. The van der Waals surface area contributed by atoms with Gasteiger partial charge in [-0.05, 0) is 50.9 Å². The fraction of sp³-hybridized carbons (Fsp3) is 1.00. The van der Waals surface area contributed by atoms with E-state index in [1.54, 1.807) is 0 Å². The molecule has 0 amide bonds. The monoisotopic (exact) mass is 267 g/mol. The summed E-state index contributed by atoms with van der Waals surface area (Å²) in [7, 11) is 0. The van der Waals surface area contributed by atoms with E-state index in [0.29, 0.717) is 12.2 Å². The van der Waals surface area contributed by atoms with Crippen LogP contribution in [0.15, 0.2) is 0 Å². The van der Waals surface area contributed by atoms with E-state index in [9.17, 15) is 0 Å². The van der Waals surface area contributed by atoms with E-state index in [1.807, 2.05) is 0 Å². The van der Waals surface area contributed by atoms with Gasteiger partial charge in [0.25, 0.3) is 0 Å². The highest BCUT2D eigenvalue weighted by atomic mass is 16.5. The van der Waals surface area contributed by atoms with Crippen molar-refractivity contribution in [2.45, 2.75) is 90.4 Å². The van der Waals surface area contributed by atoms with Gasteiger partial charge in [0.15, 0.2) is 0 Å². The van der Waals surface area contributed by atoms with Gasteiger partial charge in [-0.15, -0.1) is 0 Å². The molecule has 1 N–H and O–H groups in total. The van der Waals surface area contributed by atoms with E-state index >= 15 is 0 Å². The molecule has 2 aliphatic carbocycles. The van der Waals surface area contributed by atoms with Crippen molar-refractivity contribution in [3.8, 4) is 0 Å². The average molecular weight is 267 g/mol. The van der Waals surface area contributed by atoms with E-state index in [1.165, 1.54) is 51.4 Å². The molecule has 3 atom stereocenters. The molecule has 3 unspecified atom stereocenters. The Balaban J connectivity index is 1.64. The second-order valence-corrected chi connectivity index (χ2v) is 7.23. The molecular formula is C17H33NO. The molecular weight excluding hydrogens is 234 g/mol. The van der Waals surface area contributed by atoms with Crippen molar-refractivity contribution in [1.29, 1.82) is 0 Å². The third kappa shape index (κ3) is 5.43. The van der Waals surface area contributed by atoms with Crippen LogP contribution in [0, 0.1) is 11.8 Å². The van der Waals surface area contributed by atoms with Gasteiger partial charge in [-0.25, -0.2) is 0 Å². The molecule has 2 rings (SSSR count). The third-order valence-corrected chi connectivity index (χ3v) is 4.86. The number of nitrogens with one attached hydrogen (secondary N) is 1. The topological polar surface area (TPSA) is 21.3 Å². The minimum Gasteiger partial charge on any atom is -0.374 e. The summed E-state index contributed by atoms with van der Waals surface area (Å²) < 4.78 is 6.26. The van der Waals surface area contributed by atoms with Gasteiger partial charge in [0.1, 0.15) is 0 Å². The van der Waals surface area contributed by atoms with Crippen molar-refractivity contribution in [3.63, 3.8) is 0 Å². The van der Waals surface area contributed by atoms with Gasteiger partial charge >= 0.3 is 0 Å². The fourth-order valence-corrected chi connectivity index (χ4v) is 4.00. The lowest BCUT2D eigenvalue weighted by molar-refractivity contribution is -0.0411. The maximum absolute atomic E-state index is 6.26. The van der Waals surface area contributed by atoms with Crippen molar-refractivity contribution in [1.82, 2.24) is 5.32 Å². The largest absolute Gasteiger partial charge is 0.374 e. The first-order chi connectivity index (χ1) is 9.13. The summed E-state index contributed by atoms with van der Waals surface area (Å²) in [5, 5.41) is 3.71. The van der Waals surface area contributed by atoms with Crippen LogP contribution in [0.4, 0.5) is 0 Å². The first-order valence-electron chi connectivity index (χ1n) is 8.52. The molecule has 2 nitrogen and oxygen atoms in total. The van der Waals surface area contributed by atoms with Gasteiger partial charge in [0, 0.05) is 12.6 Å². The highest BCUT2D eigenvalue weighted by molar-refractivity contribution is 4.77. The van der Waals surface area contributed by atoms with Crippen LogP contribution in [0.3, 0.4) is 0 Å². The van der Waals surface area contributed by atoms with Gasteiger partial charge in [-0.2, -0.15) is 0 Å². The van der Waals surface area contributed by atoms with Crippen LogP contribution in [0.1, 0.15) is 72.1 Å². The second-order valence-electron chi connectivity index (χ2n) is 7.23. The van der Waals surface area contributed by atoms with Gasteiger partial charge < -0.3 is 10.1 Å². The maximum Gasteiger partial charge on any atom is 0.0675 e. The fourth-order valence-electron chi connectivity index (χ4n) is 4.00. The highest BCUT2D eigenvalue weighted by Gasteiger charge is 2.25. The molecule has 112 valence electrons. The van der Waals surface area contributed by atoms with Crippen LogP contribution in [0.2, 0.25) is 0 Å². The van der Waals surface area contributed by atoms with Crippen LogP contribution >= 0.6 is 0 Å². The summed E-state index contributed by atoms with van der Waals surface area (Å²) in [4.78, 5) is 0. The Hall–Kier alpha value is -0.0800. The first kappa shape index (κ1) is 15.3. The predicted molar refractivity (Wildman–Crippen MR) is 81.4 cm³/mol. The van der Waals surface area contributed by atoms with E-state index < -0.39 is 0 Å². The average Bonchev–Trinajstić information content (AvgIpc) is 2.36. The van der Waals surface area contributed by atoms with Gasteiger partial charge in [-0.3, -0.25) is 0 Å². The molecule has 2 fully saturated rings. The van der Waals surface area contributed by atoms with Crippen molar-refractivity contribution in [2.24, 2.45) is 11.8 Å². The van der Waals surface area contributed by atoms with E-state index in [0.717, 1.165) is 24.4 Å². The van der Waals surface area contributed by atoms with E-state index in [-0.39, 0.29) is 0 Å². The Kier molecular flexibility index (Phi) is 6.15. The summed E-state index contributed by atoms with van der Waals surface area (Å²) in [5.74, 6) is 1.68. The number of hydrogen-bond donors (Lipinski definition) is 1. The van der Waals surface area contributed by atoms with Crippen LogP contribution in [-0.2, 0) is 4.74 Å². The first-order valence-corrected chi connectivity index (χ1v) is 8.52. The van der Waals surface area contributed by atoms with Gasteiger partial charge in [0.05, 0.1) is 12.2 Å². The molecule has 2 aliphatic rings. The Morgan fingerprint density at radius 1 is 1.00 bits per heavy atom. The lowest BCUT2D eigenvalue weighted by Crippen LogP contribution is -2.39. The van der Waals surface area contributed by atoms with Crippen molar-refractivity contribution >= 4 is 0 Å². The molecule has 0 radical (unpaired) electrons. The normalized spacial score (nSPS) is 35.2. The Bertz CT molecular complexity index is 240. The summed E-state index contributed by atoms with van der Waals surface area (Å²) in [6.07, 6.45) is 11.8. The molecule has 2 heteroatoms. The van der Waals surface area contributed by atoms with Crippen LogP contribution < -0.4 is 5.32 Å². The maximum atomic E-state index is 6.26. The smallest absolute Gasteiger partial charge is 0.0675 e. The summed E-state index contributed by atoms with van der Waals surface area (Å²) in [5.41, 5.74) is 0. The highest BCUT2D eigenvalue weighted by Crippen LogP contribution is 2.30. The quantitative estimate of drug-likeness (QED) is 0.808. The number of hydrogen-bond acceptors (Lipinski definition) is 2. The van der Waals surface area contributed by atoms with E-state index in [4.69, 9.17) is 4.74 Å². The summed E-state index contributed by atoms with van der Waals surface area (Å²) in [6.45, 7) is 8.01. The predicted octanol–water partition coefficient (Wildman–Crippen LogP) is 4.14. The molecule has 0 saturated heterocycles.